The van der Waals surface area contributed by atoms with E-state index in [0.29, 0.717) is 6.42 Å². The second-order valence-corrected chi connectivity index (χ2v) is 10.6. The molecule has 0 aliphatic rings. The Balaban J connectivity index is 0.000000284. The summed E-state index contributed by atoms with van der Waals surface area (Å²) in [4.78, 5) is 0. The second kappa shape index (κ2) is 11.2. The first-order chi connectivity index (χ1) is 13.8. The molecule has 0 amide bonds. The van der Waals surface area contributed by atoms with Crippen LogP contribution >= 0.6 is 7.92 Å². The van der Waals surface area contributed by atoms with Gasteiger partial charge in [0.05, 0.1) is 7.92 Å². The Morgan fingerprint density at radius 3 is 1.59 bits per heavy atom. The lowest BCUT2D eigenvalue weighted by Crippen LogP contribution is -2.20. The fraction of sp³-hybridized carbons (Fsp3) is 0.217. The monoisotopic (exact) mass is 432 g/mol. The third kappa shape index (κ3) is 7.36. The number of halogens is 1. The van der Waals surface area contributed by atoms with E-state index in [-0.39, 0.29) is 6.42 Å². The lowest BCUT2D eigenvalue weighted by atomic mass is 10.2. The fourth-order valence-corrected chi connectivity index (χ4v) is 5.88. The van der Waals surface area contributed by atoms with Crippen LogP contribution in [0.15, 0.2) is 84.9 Å². The standard InChI is InChI=1S/C19H17P.C4H9FO3S/c1-16-12-14-19(15-13-16)20(17-8-4-2-5-9-17)18-10-6-3-7-11-18;1-2-3-4(5)9(6,7)8/h2-15H,1H3;4H,2-3H2,1H3,(H,6,7,8). The largest absolute Gasteiger partial charge is 0.746 e. The van der Waals surface area contributed by atoms with E-state index in [1.54, 1.807) is 6.92 Å². The highest BCUT2D eigenvalue weighted by molar-refractivity contribution is 7.86. The minimum atomic E-state index is -4.68. The molecule has 1 unspecified atom stereocenters. The van der Waals surface area contributed by atoms with Crippen LogP contribution in [0.3, 0.4) is 0 Å². The minimum Gasteiger partial charge on any atom is -0.746 e. The van der Waals surface area contributed by atoms with Crippen molar-refractivity contribution in [3.05, 3.63) is 90.5 Å². The zero-order valence-corrected chi connectivity index (χ0v) is 18.4. The summed E-state index contributed by atoms with van der Waals surface area (Å²) < 4.78 is 41.4. The van der Waals surface area contributed by atoms with E-state index < -0.39 is 23.5 Å². The van der Waals surface area contributed by atoms with Gasteiger partial charge in [0.1, 0.15) is 26.0 Å². The predicted octanol–water partition coefficient (Wildman–Crippen LogP) is 4.11. The molecule has 0 aromatic heterocycles. The Kier molecular flexibility index (Phi) is 8.97. The minimum absolute atomic E-state index is 0.203. The highest BCUT2D eigenvalue weighted by atomic mass is 32.2. The first-order valence-corrected chi connectivity index (χ1v) is 12.4. The molecule has 3 rings (SSSR count). The van der Waals surface area contributed by atoms with Gasteiger partial charge in [-0.05, 0) is 49.7 Å². The van der Waals surface area contributed by atoms with Gasteiger partial charge < -0.3 is 4.55 Å². The number of hydrogen-bond acceptors (Lipinski definition) is 3. The highest BCUT2D eigenvalue weighted by Gasteiger charge is 2.24. The Hall–Kier alpha value is -2.07. The van der Waals surface area contributed by atoms with Crippen LogP contribution in [0.25, 0.3) is 0 Å². The second-order valence-electron chi connectivity index (χ2n) is 6.66. The number of benzene rings is 3. The van der Waals surface area contributed by atoms with Gasteiger partial charge in [-0.3, -0.25) is 0 Å². The Labute approximate surface area is 174 Å². The number of aryl methyl sites for hydroxylation is 1. The summed E-state index contributed by atoms with van der Waals surface area (Å²) in [5.41, 5.74) is -0.904. The summed E-state index contributed by atoms with van der Waals surface area (Å²) in [6.45, 7) is 3.75. The van der Waals surface area contributed by atoms with E-state index in [9.17, 15) is 17.4 Å². The van der Waals surface area contributed by atoms with Crippen molar-refractivity contribution in [2.45, 2.75) is 32.2 Å². The van der Waals surface area contributed by atoms with Crippen LogP contribution in [0.2, 0.25) is 0 Å². The van der Waals surface area contributed by atoms with E-state index in [1.807, 2.05) is 0 Å². The Bertz CT molecular complexity index is 923. The van der Waals surface area contributed by atoms with Crippen LogP contribution in [-0.2, 0) is 10.1 Å². The van der Waals surface area contributed by atoms with Crippen LogP contribution in [0.1, 0.15) is 25.3 Å². The van der Waals surface area contributed by atoms with Gasteiger partial charge in [-0.2, -0.15) is 0 Å². The molecule has 3 nitrogen and oxygen atoms in total. The molecule has 0 saturated heterocycles. The van der Waals surface area contributed by atoms with Gasteiger partial charge in [0.25, 0.3) is 0 Å². The molecule has 0 heterocycles. The van der Waals surface area contributed by atoms with Gasteiger partial charge in [0, 0.05) is 0 Å². The van der Waals surface area contributed by atoms with Crippen molar-refractivity contribution in [1.29, 1.82) is 0 Å². The highest BCUT2D eigenvalue weighted by Crippen LogP contribution is 2.32. The molecule has 1 atom stereocenters. The van der Waals surface area contributed by atoms with Gasteiger partial charge in [0.2, 0.25) is 0 Å². The van der Waals surface area contributed by atoms with Crippen molar-refractivity contribution >= 4 is 34.0 Å². The van der Waals surface area contributed by atoms with E-state index in [2.05, 4.69) is 91.9 Å². The lowest BCUT2D eigenvalue weighted by Gasteiger charge is -2.10. The molecule has 0 saturated carbocycles. The summed E-state index contributed by atoms with van der Waals surface area (Å²) in [6, 6.07) is 30.7. The van der Waals surface area contributed by atoms with Gasteiger partial charge in [-0.25, -0.2) is 12.8 Å². The van der Waals surface area contributed by atoms with Gasteiger partial charge in [-0.15, -0.1) is 0 Å². The summed E-state index contributed by atoms with van der Waals surface area (Å²) in [7, 11) is -5.58. The molecule has 0 aliphatic heterocycles. The number of rotatable bonds is 6. The molecule has 154 valence electrons. The smallest absolute Gasteiger partial charge is 0.189 e. The summed E-state index contributed by atoms with van der Waals surface area (Å²) in [6.07, 6.45) is 0.161. The molecule has 0 bridgehead atoms. The zero-order valence-electron chi connectivity index (χ0n) is 16.6. The third-order valence-electron chi connectivity index (χ3n) is 4.29. The normalized spacial score (nSPS) is 12.2. The third-order valence-corrected chi connectivity index (χ3v) is 7.89. The molecule has 29 heavy (non-hydrogen) atoms. The van der Waals surface area contributed by atoms with Crippen LogP contribution < -0.4 is 15.9 Å². The maximum atomic E-state index is 12.0. The van der Waals surface area contributed by atoms with Crippen LogP contribution in [-0.4, -0.2) is 18.5 Å². The molecule has 0 aliphatic carbocycles. The van der Waals surface area contributed by atoms with Crippen LogP contribution in [0.5, 0.6) is 0 Å². The molecule has 0 spiro atoms. The number of hydrogen-bond donors (Lipinski definition) is 0. The van der Waals surface area contributed by atoms with Crippen molar-refractivity contribution in [1.82, 2.24) is 0 Å². The van der Waals surface area contributed by atoms with Crippen LogP contribution in [0.4, 0.5) is 4.39 Å². The first kappa shape index (κ1) is 23.2. The Morgan fingerprint density at radius 2 is 1.24 bits per heavy atom. The van der Waals surface area contributed by atoms with Crippen molar-refractivity contribution in [2.24, 2.45) is 0 Å². The topological polar surface area (TPSA) is 57.2 Å². The zero-order chi connectivity index (χ0) is 21.3. The van der Waals surface area contributed by atoms with Crippen molar-refractivity contribution in [3.63, 3.8) is 0 Å². The molecule has 0 N–H and O–H groups in total. The average molecular weight is 432 g/mol. The van der Waals surface area contributed by atoms with E-state index in [4.69, 9.17) is 0 Å². The lowest BCUT2D eigenvalue weighted by molar-refractivity contribution is 0.349. The van der Waals surface area contributed by atoms with Crippen molar-refractivity contribution < 1.29 is 17.4 Å². The van der Waals surface area contributed by atoms with Crippen molar-refractivity contribution in [3.8, 4) is 0 Å². The molecule has 0 fully saturated rings. The number of alkyl halides is 1. The van der Waals surface area contributed by atoms with Crippen molar-refractivity contribution in [2.75, 3.05) is 0 Å². The summed E-state index contributed by atoms with van der Waals surface area (Å²) >= 11 is 0. The molecule has 6 heteroatoms. The SMILES string of the molecule is CCCC(F)S(=O)(=O)[O-].Cc1ccc([PH+](c2ccccc2)c2ccccc2)cc1. The fourth-order valence-electron chi connectivity index (χ4n) is 2.80. The van der Waals surface area contributed by atoms with E-state index >= 15 is 0 Å². The average Bonchev–Trinajstić information content (AvgIpc) is 2.71. The Morgan fingerprint density at radius 1 is 0.828 bits per heavy atom. The molecule has 3 aromatic carbocycles. The molecular formula is C23H26FO3PS. The maximum Gasteiger partial charge on any atom is 0.189 e. The maximum absolute atomic E-state index is 12.0. The molecule has 0 radical (unpaired) electrons. The van der Waals surface area contributed by atoms with Gasteiger partial charge in [0.15, 0.2) is 5.50 Å². The van der Waals surface area contributed by atoms with Gasteiger partial charge >= 0.3 is 0 Å². The summed E-state index contributed by atoms with van der Waals surface area (Å²) in [5.74, 6) is 0. The predicted molar refractivity (Wildman–Crippen MR) is 121 cm³/mol. The van der Waals surface area contributed by atoms with E-state index in [0.717, 1.165) is 0 Å². The van der Waals surface area contributed by atoms with Gasteiger partial charge in [-0.1, -0.05) is 67.4 Å². The summed E-state index contributed by atoms with van der Waals surface area (Å²) in [5, 5.41) is 4.32. The molecular weight excluding hydrogens is 406 g/mol. The van der Waals surface area contributed by atoms with Crippen LogP contribution in [0, 0.1) is 6.92 Å². The molecule has 3 aromatic rings. The van der Waals surface area contributed by atoms with E-state index in [1.165, 1.54) is 21.5 Å². The first-order valence-electron chi connectivity index (χ1n) is 9.46. The quantitative estimate of drug-likeness (QED) is 0.435.